The third kappa shape index (κ3) is 2.78. The first-order chi connectivity index (χ1) is 7.56. The number of carbonyl (C=O) groups excluding carboxylic acids is 1. The lowest BCUT2D eigenvalue weighted by Crippen LogP contribution is -2.33. The fourth-order valence-corrected chi connectivity index (χ4v) is 1.23. The number of carbonyl (C=O) groups is 1. The molecule has 0 fully saturated rings. The molecule has 16 heavy (non-hydrogen) atoms. The third-order valence-corrected chi connectivity index (χ3v) is 2.05. The Hall–Kier alpha value is -1.92. The molecule has 0 radical (unpaired) electrons. The monoisotopic (exact) mass is 224 g/mol. The predicted molar refractivity (Wildman–Crippen MR) is 56.0 cm³/mol. The van der Waals surface area contributed by atoms with Crippen LogP contribution in [-0.4, -0.2) is 33.6 Å². The summed E-state index contributed by atoms with van der Waals surface area (Å²) in [6.07, 6.45) is -1.90. The van der Waals surface area contributed by atoms with Crippen LogP contribution >= 0.6 is 0 Å². The number of amides is 1. The smallest absolute Gasteiger partial charge is 0.249 e. The van der Waals surface area contributed by atoms with Gasteiger partial charge in [0.15, 0.2) is 6.10 Å². The first-order valence-electron chi connectivity index (χ1n) is 4.49. The van der Waals surface area contributed by atoms with E-state index in [0.29, 0.717) is 11.1 Å². The first-order valence-corrected chi connectivity index (χ1v) is 4.49. The van der Waals surface area contributed by atoms with Gasteiger partial charge < -0.3 is 21.2 Å². The van der Waals surface area contributed by atoms with E-state index in [1.807, 2.05) is 0 Å². The maximum absolute atomic E-state index is 10.7. The van der Waals surface area contributed by atoms with Crippen molar-refractivity contribution >= 4 is 12.1 Å². The summed E-state index contributed by atoms with van der Waals surface area (Å²) in [7, 11) is 0. The quantitative estimate of drug-likeness (QED) is 0.309. The average molecular weight is 224 g/mol. The zero-order chi connectivity index (χ0) is 12.1. The van der Waals surface area contributed by atoms with E-state index in [4.69, 9.17) is 10.9 Å². The Morgan fingerprint density at radius 1 is 1.44 bits per heavy atom. The van der Waals surface area contributed by atoms with Crippen molar-refractivity contribution in [2.45, 2.75) is 12.2 Å². The molecule has 0 aliphatic rings. The molecule has 0 aliphatic carbocycles. The zero-order valence-corrected chi connectivity index (χ0v) is 8.32. The Kier molecular flexibility index (Phi) is 3.98. The Morgan fingerprint density at radius 2 is 2.12 bits per heavy atom. The molecule has 2 unspecified atom stereocenters. The normalized spacial score (nSPS) is 14.9. The molecule has 1 aromatic carbocycles. The van der Waals surface area contributed by atoms with Gasteiger partial charge in [0.25, 0.3) is 0 Å². The molecule has 0 heterocycles. The number of benzene rings is 1. The molecule has 6 nitrogen and oxygen atoms in total. The van der Waals surface area contributed by atoms with Gasteiger partial charge >= 0.3 is 0 Å². The van der Waals surface area contributed by atoms with Crippen LogP contribution in [0.2, 0.25) is 0 Å². The minimum absolute atomic E-state index is 0.309. The number of rotatable bonds is 4. The van der Waals surface area contributed by atoms with Crippen LogP contribution in [0.4, 0.5) is 0 Å². The lowest BCUT2D eigenvalue weighted by Gasteiger charge is -2.15. The van der Waals surface area contributed by atoms with Gasteiger partial charge in [-0.05, 0) is 17.2 Å². The van der Waals surface area contributed by atoms with Crippen LogP contribution in [0.3, 0.4) is 0 Å². The van der Waals surface area contributed by atoms with Crippen LogP contribution in [0, 0.1) is 0 Å². The van der Waals surface area contributed by atoms with Crippen LogP contribution in [-0.2, 0) is 4.79 Å². The fraction of sp³-hybridized carbons (Fsp3) is 0.200. The minimum Gasteiger partial charge on any atom is -0.411 e. The Balaban J connectivity index is 2.95. The Morgan fingerprint density at radius 3 is 2.69 bits per heavy atom. The largest absolute Gasteiger partial charge is 0.411 e. The molecule has 86 valence electrons. The summed E-state index contributed by atoms with van der Waals surface area (Å²) in [6, 6.07) is 6.21. The van der Waals surface area contributed by atoms with Gasteiger partial charge in [0.1, 0.15) is 6.10 Å². The van der Waals surface area contributed by atoms with Crippen molar-refractivity contribution in [2.24, 2.45) is 10.9 Å². The summed E-state index contributed by atoms with van der Waals surface area (Å²) in [5, 5.41) is 30.0. The number of hydrogen-bond acceptors (Lipinski definition) is 5. The summed E-state index contributed by atoms with van der Waals surface area (Å²) in [5.74, 6) is -1.01. The van der Waals surface area contributed by atoms with Gasteiger partial charge in [-0.25, -0.2) is 0 Å². The van der Waals surface area contributed by atoms with Gasteiger partial charge in [0.05, 0.1) is 6.21 Å². The second-order valence-electron chi connectivity index (χ2n) is 3.21. The van der Waals surface area contributed by atoms with Crippen molar-refractivity contribution in [3.63, 3.8) is 0 Å². The van der Waals surface area contributed by atoms with Crippen molar-refractivity contribution in [2.75, 3.05) is 0 Å². The number of primary amides is 1. The van der Waals surface area contributed by atoms with E-state index in [1.54, 1.807) is 12.1 Å². The maximum atomic E-state index is 10.7. The van der Waals surface area contributed by atoms with Crippen LogP contribution in [0.25, 0.3) is 0 Å². The Bertz CT molecular complexity index is 406. The summed E-state index contributed by atoms with van der Waals surface area (Å²) in [6.45, 7) is 0. The van der Waals surface area contributed by atoms with Crippen molar-refractivity contribution in [3.05, 3.63) is 35.4 Å². The van der Waals surface area contributed by atoms with Gasteiger partial charge in [-0.15, -0.1) is 0 Å². The molecular weight excluding hydrogens is 212 g/mol. The van der Waals surface area contributed by atoms with Crippen molar-refractivity contribution in [1.29, 1.82) is 0 Å². The van der Waals surface area contributed by atoms with E-state index in [0.717, 1.165) is 6.21 Å². The second kappa shape index (κ2) is 5.24. The number of nitrogens with zero attached hydrogens (tertiary/aromatic N) is 1. The highest BCUT2D eigenvalue weighted by Gasteiger charge is 2.23. The summed E-state index contributed by atoms with van der Waals surface area (Å²) < 4.78 is 0. The number of hydrogen-bond donors (Lipinski definition) is 4. The molecule has 0 aliphatic heterocycles. The van der Waals surface area contributed by atoms with Gasteiger partial charge in [0, 0.05) is 0 Å². The van der Waals surface area contributed by atoms with Crippen LogP contribution in [0.5, 0.6) is 0 Å². The number of oxime groups is 1. The summed E-state index contributed by atoms with van der Waals surface area (Å²) in [5.41, 5.74) is 5.69. The lowest BCUT2D eigenvalue weighted by molar-refractivity contribution is -0.131. The molecule has 6 heteroatoms. The van der Waals surface area contributed by atoms with E-state index in [2.05, 4.69) is 5.16 Å². The van der Waals surface area contributed by atoms with E-state index in [1.165, 1.54) is 12.1 Å². The third-order valence-electron chi connectivity index (χ3n) is 2.05. The molecule has 0 spiro atoms. The highest BCUT2D eigenvalue weighted by molar-refractivity contribution is 5.81. The van der Waals surface area contributed by atoms with Gasteiger partial charge in [0.2, 0.25) is 5.91 Å². The molecule has 5 N–H and O–H groups in total. The van der Waals surface area contributed by atoms with Crippen molar-refractivity contribution < 1.29 is 20.2 Å². The highest BCUT2D eigenvalue weighted by Crippen LogP contribution is 2.17. The number of aliphatic hydroxyl groups is 2. The molecule has 1 aromatic rings. The van der Waals surface area contributed by atoms with E-state index >= 15 is 0 Å². The predicted octanol–water partition coefficient (Wildman–Crippen LogP) is -0.626. The number of nitrogens with two attached hydrogens (primary N) is 1. The molecule has 1 rings (SSSR count). The lowest BCUT2D eigenvalue weighted by atomic mass is 10.0. The van der Waals surface area contributed by atoms with Crippen molar-refractivity contribution in [1.82, 2.24) is 0 Å². The molecule has 0 bridgehead atoms. The summed E-state index contributed by atoms with van der Waals surface area (Å²) in [4.78, 5) is 10.7. The Labute approximate surface area is 91.6 Å². The van der Waals surface area contributed by atoms with Crippen LogP contribution in [0.15, 0.2) is 29.4 Å². The van der Waals surface area contributed by atoms with Gasteiger partial charge in [-0.2, -0.15) is 0 Å². The van der Waals surface area contributed by atoms with Gasteiger partial charge in [-0.3, -0.25) is 4.79 Å². The molecule has 2 atom stereocenters. The fourth-order valence-electron chi connectivity index (χ4n) is 1.23. The average Bonchev–Trinajstić information content (AvgIpc) is 2.28. The van der Waals surface area contributed by atoms with Crippen molar-refractivity contribution in [3.8, 4) is 0 Å². The highest BCUT2D eigenvalue weighted by atomic mass is 16.4. The minimum atomic E-state index is -1.67. The van der Waals surface area contributed by atoms with Gasteiger partial charge in [-0.1, -0.05) is 23.4 Å². The molecule has 0 aromatic heterocycles. The number of aliphatic hydroxyl groups excluding tert-OH is 2. The maximum Gasteiger partial charge on any atom is 0.249 e. The zero-order valence-electron chi connectivity index (χ0n) is 8.32. The molecule has 0 saturated heterocycles. The SMILES string of the molecule is NC(=O)C(O)C(O)c1cccc(C=NO)c1. The molecule has 1 amide bonds. The molecule has 0 saturated carbocycles. The molecular formula is C10H12N2O4. The topological polar surface area (TPSA) is 116 Å². The first kappa shape index (κ1) is 12.2. The van der Waals surface area contributed by atoms with Crippen LogP contribution in [0.1, 0.15) is 17.2 Å². The summed E-state index contributed by atoms with van der Waals surface area (Å²) >= 11 is 0. The van der Waals surface area contributed by atoms with E-state index in [-0.39, 0.29) is 0 Å². The van der Waals surface area contributed by atoms with E-state index in [9.17, 15) is 15.0 Å². The van der Waals surface area contributed by atoms with E-state index < -0.39 is 18.1 Å². The second-order valence-corrected chi connectivity index (χ2v) is 3.21. The standard InChI is InChI=1S/C10H12N2O4/c11-10(15)9(14)8(13)7-3-1-2-6(4-7)5-12-16/h1-5,8-9,13-14,16H,(H2,11,15). The van der Waals surface area contributed by atoms with Crippen LogP contribution < -0.4 is 5.73 Å².